The van der Waals surface area contributed by atoms with Crippen molar-refractivity contribution < 1.29 is 58.1 Å². The molecule has 4 heterocycles. The number of hydrogen-bond acceptors (Lipinski definition) is 12. The van der Waals surface area contributed by atoms with Crippen molar-refractivity contribution in [3.05, 3.63) is 107 Å². The van der Waals surface area contributed by atoms with Crippen LogP contribution in [0.25, 0.3) is 6.08 Å². The number of allylic oxidation sites excluding steroid dienone is 1. The highest BCUT2D eigenvalue weighted by Crippen LogP contribution is 2.34. The summed E-state index contributed by atoms with van der Waals surface area (Å²) in [7, 11) is 0. The van der Waals surface area contributed by atoms with Gasteiger partial charge in [0.2, 0.25) is 12.2 Å². The lowest BCUT2D eigenvalue weighted by molar-refractivity contribution is -0.688. The fraction of sp³-hybridized carbons (Fsp3) is 0.460. The highest BCUT2D eigenvalue weighted by atomic mass is 16.7. The second-order valence-electron chi connectivity index (χ2n) is 17.5. The minimum absolute atomic E-state index is 0.0479. The van der Waals surface area contributed by atoms with Crippen molar-refractivity contribution in [1.29, 1.82) is 0 Å². The number of anilines is 1. The molecule has 0 aliphatic carbocycles. The third-order valence-corrected chi connectivity index (χ3v) is 12.3. The van der Waals surface area contributed by atoms with Gasteiger partial charge in [0.15, 0.2) is 30.5 Å². The second-order valence-corrected chi connectivity index (χ2v) is 17.5. The Balaban J connectivity index is 1.01. The number of pyridine rings is 1. The zero-order valence-corrected chi connectivity index (χ0v) is 37.7. The number of aliphatic hydroxyl groups is 3. The molecule has 2 saturated heterocycles. The molecule has 2 fully saturated rings. The van der Waals surface area contributed by atoms with Crippen LogP contribution in [0.1, 0.15) is 96.8 Å². The Kier molecular flexibility index (Phi) is 17.6. The van der Waals surface area contributed by atoms with Gasteiger partial charge in [0, 0.05) is 73.8 Å². The lowest BCUT2D eigenvalue weighted by atomic mass is 9.90. The molecule has 6 rings (SSSR count). The molecule has 0 spiro atoms. The van der Waals surface area contributed by atoms with E-state index in [9.17, 15) is 44.1 Å². The summed E-state index contributed by atoms with van der Waals surface area (Å²) in [5.74, 6) is -1.27. The number of likely N-dealkylation sites (tertiary alicyclic amines) is 1. The van der Waals surface area contributed by atoms with E-state index in [-0.39, 0.29) is 55.5 Å². The summed E-state index contributed by atoms with van der Waals surface area (Å²) >= 11 is 0. The van der Waals surface area contributed by atoms with E-state index in [1.165, 1.54) is 0 Å². The maximum atomic E-state index is 13.4. The summed E-state index contributed by atoms with van der Waals surface area (Å²) < 4.78 is 13.4. The van der Waals surface area contributed by atoms with E-state index < -0.39 is 54.1 Å². The highest BCUT2D eigenvalue weighted by molar-refractivity contribution is 6.15. The third kappa shape index (κ3) is 13.3. The van der Waals surface area contributed by atoms with Gasteiger partial charge in [-0.05, 0) is 93.5 Å². The number of Topliss-reactive ketones (excluding diaryl/α,β-unsaturated/α-hetero) is 1. The number of rotatable bonds is 21. The number of carbonyl (C=O) groups excluding carboxylic acids is 6. The number of unbranched alkanes of at least 4 members (excludes halogenated alkanes) is 2. The van der Waals surface area contributed by atoms with Crippen molar-refractivity contribution in [3.63, 3.8) is 0 Å². The van der Waals surface area contributed by atoms with E-state index >= 15 is 0 Å². The van der Waals surface area contributed by atoms with Gasteiger partial charge in [0.1, 0.15) is 30.1 Å². The molecule has 2 aromatic carbocycles. The monoisotopic (exact) mass is 908 g/mol. The molecule has 3 aromatic rings. The van der Waals surface area contributed by atoms with Crippen molar-refractivity contribution in [2.75, 3.05) is 31.6 Å². The van der Waals surface area contributed by atoms with Gasteiger partial charge in [-0.1, -0.05) is 37.0 Å². The molecule has 16 nitrogen and oxygen atoms in total. The number of benzene rings is 2. The molecule has 66 heavy (non-hydrogen) atoms. The molecule has 5 atom stereocenters. The third-order valence-electron chi connectivity index (χ3n) is 12.3. The highest BCUT2D eigenvalue weighted by Gasteiger charge is 2.40. The van der Waals surface area contributed by atoms with Gasteiger partial charge in [-0.25, -0.2) is 4.57 Å². The van der Waals surface area contributed by atoms with Crippen LogP contribution >= 0.6 is 0 Å². The van der Waals surface area contributed by atoms with Crippen LogP contribution in [0.4, 0.5) is 5.69 Å². The van der Waals surface area contributed by atoms with E-state index in [0.29, 0.717) is 24.4 Å². The van der Waals surface area contributed by atoms with Crippen LogP contribution in [-0.4, -0.2) is 117 Å². The quantitative estimate of drug-likeness (QED) is 0.0448. The molecule has 0 bridgehead atoms. The van der Waals surface area contributed by atoms with Gasteiger partial charge in [-0.15, -0.1) is 0 Å². The summed E-state index contributed by atoms with van der Waals surface area (Å²) in [4.78, 5) is 79.1. The Morgan fingerprint density at radius 3 is 2.41 bits per heavy atom. The first-order valence-corrected chi connectivity index (χ1v) is 22.8. The van der Waals surface area contributed by atoms with Crippen LogP contribution in [0.5, 0.6) is 5.75 Å². The van der Waals surface area contributed by atoms with Crippen LogP contribution < -0.4 is 20.4 Å². The van der Waals surface area contributed by atoms with Crippen LogP contribution in [0.15, 0.2) is 79.2 Å². The Labute approximate surface area is 385 Å². The number of piperidine rings is 1. The van der Waals surface area contributed by atoms with Crippen LogP contribution in [-0.2, 0) is 35.3 Å². The lowest BCUT2D eigenvalue weighted by Crippen LogP contribution is -2.54. The number of aliphatic hydroxyl groups excluding tert-OH is 3. The molecule has 0 radical (unpaired) electrons. The number of ketones is 2. The van der Waals surface area contributed by atoms with Crippen LogP contribution in [0.2, 0.25) is 0 Å². The molecular formula is C50H62N5O11+. The Morgan fingerprint density at radius 2 is 1.68 bits per heavy atom. The maximum absolute atomic E-state index is 13.4. The zero-order chi connectivity index (χ0) is 47.3. The predicted molar refractivity (Wildman–Crippen MR) is 244 cm³/mol. The van der Waals surface area contributed by atoms with Crippen LogP contribution in [0, 0.1) is 19.8 Å². The van der Waals surface area contributed by atoms with Crippen molar-refractivity contribution in [2.24, 2.45) is 11.7 Å². The summed E-state index contributed by atoms with van der Waals surface area (Å²) in [6.45, 7) is 5.10. The Hall–Kier alpha value is -5.91. The van der Waals surface area contributed by atoms with Gasteiger partial charge in [-0.3, -0.25) is 33.7 Å². The SMILES string of the molecule is Cc1cccc(C(=O)N2CCC(CCCCCC(=O)/C=C/c3ccc[n+](Cc4cc(C)c(OC5OCC(O)[C@H](O)[C@@H]5O)c(NC(=O)CCCC(=O)C(CN)N5C(=O)C=CC5=O)c4)c3)CC2)c1. The normalized spacial score (nSPS) is 20.5. The van der Waals surface area contributed by atoms with Gasteiger partial charge in [0.25, 0.3) is 17.7 Å². The van der Waals surface area contributed by atoms with Crippen molar-refractivity contribution >= 4 is 47.0 Å². The molecule has 0 saturated carbocycles. The number of aromatic nitrogens is 1. The minimum Gasteiger partial charge on any atom is -0.460 e. The molecule has 3 aliphatic heterocycles. The molecule has 3 unspecified atom stereocenters. The number of hydrogen-bond donors (Lipinski definition) is 5. The van der Waals surface area contributed by atoms with Gasteiger partial charge in [-0.2, -0.15) is 0 Å². The topological polar surface area (TPSA) is 230 Å². The molecule has 352 valence electrons. The van der Waals surface area contributed by atoms with E-state index in [2.05, 4.69) is 5.32 Å². The molecular weight excluding hydrogens is 847 g/mol. The zero-order valence-electron chi connectivity index (χ0n) is 37.7. The maximum Gasteiger partial charge on any atom is 0.254 e. The average Bonchev–Trinajstić information content (AvgIpc) is 3.63. The number of imide groups is 1. The molecule has 1 aromatic heterocycles. The van der Waals surface area contributed by atoms with E-state index in [0.717, 1.165) is 90.9 Å². The fourth-order valence-electron chi connectivity index (χ4n) is 8.61. The summed E-state index contributed by atoms with van der Waals surface area (Å²) in [6, 6.07) is 13.9. The summed E-state index contributed by atoms with van der Waals surface area (Å²) in [6.07, 6.45) is 9.76. The largest absolute Gasteiger partial charge is 0.460 e. The lowest BCUT2D eigenvalue weighted by Gasteiger charge is -2.35. The van der Waals surface area contributed by atoms with E-state index in [4.69, 9.17) is 15.2 Å². The smallest absolute Gasteiger partial charge is 0.254 e. The van der Waals surface area contributed by atoms with Crippen LogP contribution in [0.3, 0.4) is 0 Å². The number of carbonyl (C=O) groups is 6. The predicted octanol–water partition coefficient (Wildman–Crippen LogP) is 3.47. The first-order valence-electron chi connectivity index (χ1n) is 22.8. The standard InChI is InChI=1S/C50H61N5O11/c1-32-9-6-12-37(25-32)49(64)54-23-20-34(21-24-54)10-4-3-5-13-38(56)17-16-35-11-8-22-53(29-35)30-36-26-33(2)48(66-50-47(63)46(62)42(58)31-65-50)39(27-36)52-43(59)15-7-14-41(57)40(28-51)55-44(60)18-19-45(55)61/h6,8-9,11-12,16-19,22,25-27,29,34,40,42,46-47,50,58,62-63H,3-5,7,10,13-15,20-21,23-24,28,30-31,51H2,1-2H3/p+1/b17-16+/t40?,42?,46-,47-,50?/m0/s1. The fourth-order valence-corrected chi connectivity index (χ4v) is 8.61. The Bertz CT molecular complexity index is 2290. The number of nitrogens with two attached hydrogens (primary N) is 1. The number of amides is 4. The minimum atomic E-state index is -1.59. The summed E-state index contributed by atoms with van der Waals surface area (Å²) in [5, 5.41) is 33.7. The van der Waals surface area contributed by atoms with Gasteiger partial charge in [0.05, 0.1) is 12.3 Å². The van der Waals surface area contributed by atoms with Gasteiger partial charge < -0.3 is 40.7 Å². The Morgan fingerprint density at radius 1 is 0.924 bits per heavy atom. The first-order chi connectivity index (χ1) is 31.7. The van der Waals surface area contributed by atoms with Gasteiger partial charge >= 0.3 is 0 Å². The number of nitrogens with zero attached hydrogens (tertiary/aromatic N) is 3. The van der Waals surface area contributed by atoms with Crippen molar-refractivity contribution in [1.82, 2.24) is 9.80 Å². The average molecular weight is 909 g/mol. The van der Waals surface area contributed by atoms with Crippen molar-refractivity contribution in [3.8, 4) is 5.75 Å². The molecule has 6 N–H and O–H groups in total. The van der Waals surface area contributed by atoms with E-state index in [1.807, 2.05) is 71.2 Å². The molecule has 16 heteroatoms. The first kappa shape index (κ1) is 49.5. The molecule has 4 amide bonds. The number of nitrogens with one attached hydrogen (secondary N) is 1. The van der Waals surface area contributed by atoms with E-state index in [1.54, 1.807) is 25.1 Å². The summed E-state index contributed by atoms with van der Waals surface area (Å²) in [5.41, 5.74) is 9.94. The molecule has 3 aliphatic rings. The second kappa shape index (κ2) is 23.5. The number of aryl methyl sites for hydroxylation is 2. The number of ether oxygens (including phenoxy) is 2. The van der Waals surface area contributed by atoms with Crippen molar-refractivity contribution in [2.45, 2.75) is 115 Å².